The lowest BCUT2D eigenvalue weighted by Gasteiger charge is -2.32. The molecule has 1 aliphatic rings. The van der Waals surface area contributed by atoms with Gasteiger partial charge in [0, 0.05) is 30.9 Å². The highest BCUT2D eigenvalue weighted by Gasteiger charge is 2.25. The van der Waals surface area contributed by atoms with Gasteiger partial charge in [0.2, 0.25) is 0 Å². The zero-order valence-electron chi connectivity index (χ0n) is 10.4. The number of anilines is 1. The van der Waals surface area contributed by atoms with E-state index in [1.54, 1.807) is 30.2 Å². The van der Waals surface area contributed by atoms with Gasteiger partial charge >= 0.3 is 0 Å². The van der Waals surface area contributed by atoms with Crippen LogP contribution in [-0.4, -0.2) is 37.1 Å². The maximum absolute atomic E-state index is 12.4. The number of hydrogen-bond acceptors (Lipinski definition) is 3. The van der Waals surface area contributed by atoms with Crippen molar-refractivity contribution in [1.82, 2.24) is 4.90 Å². The maximum Gasteiger partial charge on any atom is 0.256 e. The van der Waals surface area contributed by atoms with Crippen LogP contribution in [0.1, 0.15) is 23.2 Å². The smallest absolute Gasteiger partial charge is 0.256 e. The number of methoxy groups -OCH3 is 1. The van der Waals surface area contributed by atoms with Crippen molar-refractivity contribution in [2.75, 3.05) is 25.9 Å². The summed E-state index contributed by atoms with van der Waals surface area (Å²) in [5.41, 5.74) is 6.76. The van der Waals surface area contributed by atoms with Gasteiger partial charge in [-0.25, -0.2) is 0 Å². The predicted molar refractivity (Wildman–Crippen MR) is 71.8 cm³/mol. The van der Waals surface area contributed by atoms with Crippen LogP contribution in [-0.2, 0) is 4.74 Å². The lowest BCUT2D eigenvalue weighted by molar-refractivity contribution is 0.0269. The molecule has 0 bridgehead atoms. The number of carbonyl (C=O) groups excluding carboxylic acids is 1. The van der Waals surface area contributed by atoms with Crippen molar-refractivity contribution in [2.24, 2.45) is 0 Å². The number of nitrogen functional groups attached to an aromatic ring is 1. The molecule has 1 saturated heterocycles. The molecule has 1 aromatic rings. The second kappa shape index (κ2) is 5.59. The highest BCUT2D eigenvalue weighted by Crippen LogP contribution is 2.22. The van der Waals surface area contributed by atoms with Gasteiger partial charge in [0.05, 0.1) is 11.7 Å². The number of piperidine rings is 1. The number of likely N-dealkylation sites (tertiary alicyclic amines) is 1. The van der Waals surface area contributed by atoms with E-state index in [0.29, 0.717) is 22.8 Å². The van der Waals surface area contributed by atoms with E-state index in [-0.39, 0.29) is 12.0 Å². The average Bonchev–Trinajstić information content (AvgIpc) is 2.41. The van der Waals surface area contributed by atoms with Crippen molar-refractivity contribution in [3.63, 3.8) is 0 Å². The number of halogens is 1. The molecule has 98 valence electrons. The summed E-state index contributed by atoms with van der Waals surface area (Å²) in [7, 11) is 1.67. The van der Waals surface area contributed by atoms with Crippen molar-refractivity contribution < 1.29 is 9.53 Å². The van der Waals surface area contributed by atoms with E-state index < -0.39 is 0 Å². The van der Waals surface area contributed by atoms with Gasteiger partial charge in [-0.15, -0.1) is 0 Å². The highest BCUT2D eigenvalue weighted by molar-refractivity contribution is 6.31. The molecule has 18 heavy (non-hydrogen) atoms. The number of rotatable bonds is 2. The van der Waals surface area contributed by atoms with Crippen LogP contribution in [0.4, 0.5) is 5.69 Å². The molecule has 1 amide bonds. The summed E-state index contributed by atoms with van der Waals surface area (Å²) >= 11 is 5.90. The van der Waals surface area contributed by atoms with Crippen LogP contribution >= 0.6 is 11.6 Å². The Balaban J connectivity index is 2.17. The third-order valence-electron chi connectivity index (χ3n) is 3.24. The zero-order chi connectivity index (χ0) is 13.1. The monoisotopic (exact) mass is 268 g/mol. The number of carbonyl (C=O) groups is 1. The van der Waals surface area contributed by atoms with Gasteiger partial charge in [0.25, 0.3) is 5.91 Å². The highest BCUT2D eigenvalue weighted by atomic mass is 35.5. The van der Waals surface area contributed by atoms with Gasteiger partial charge < -0.3 is 15.4 Å². The second-order valence-electron chi connectivity index (χ2n) is 4.48. The van der Waals surface area contributed by atoms with Gasteiger partial charge in [-0.2, -0.15) is 0 Å². The van der Waals surface area contributed by atoms with Crippen molar-refractivity contribution in [3.05, 3.63) is 28.8 Å². The fourth-order valence-electron chi connectivity index (χ4n) is 2.20. The standard InChI is InChI=1S/C13H17ClN2O2/c1-18-10-3-2-6-16(8-10)13(17)11-7-9(14)4-5-12(11)15/h4-5,7,10H,2-3,6,8,15H2,1H3. The molecule has 0 radical (unpaired) electrons. The average molecular weight is 269 g/mol. The lowest BCUT2D eigenvalue weighted by atomic mass is 10.1. The first-order valence-electron chi connectivity index (χ1n) is 5.99. The first kappa shape index (κ1) is 13.2. The van der Waals surface area contributed by atoms with Crippen LogP contribution in [0.25, 0.3) is 0 Å². The third kappa shape index (κ3) is 2.76. The Bertz CT molecular complexity index is 451. The number of hydrogen-bond donors (Lipinski definition) is 1. The molecule has 0 saturated carbocycles. The number of nitrogens with two attached hydrogens (primary N) is 1. The lowest BCUT2D eigenvalue weighted by Crippen LogP contribution is -2.43. The number of amides is 1. The number of ether oxygens (including phenoxy) is 1. The molecule has 5 heteroatoms. The van der Waals surface area contributed by atoms with Gasteiger partial charge in [-0.05, 0) is 31.0 Å². The summed E-state index contributed by atoms with van der Waals surface area (Å²) in [5.74, 6) is -0.0725. The summed E-state index contributed by atoms with van der Waals surface area (Å²) in [5, 5.41) is 0.521. The van der Waals surface area contributed by atoms with E-state index in [9.17, 15) is 4.79 Å². The summed E-state index contributed by atoms with van der Waals surface area (Å²) in [4.78, 5) is 14.1. The SMILES string of the molecule is COC1CCCN(C(=O)c2cc(Cl)ccc2N)C1. The summed E-state index contributed by atoms with van der Waals surface area (Å²) in [6.07, 6.45) is 2.05. The van der Waals surface area contributed by atoms with Crippen molar-refractivity contribution in [2.45, 2.75) is 18.9 Å². The molecule has 1 fully saturated rings. The molecule has 1 atom stereocenters. The van der Waals surface area contributed by atoms with Crippen LogP contribution in [0, 0.1) is 0 Å². The maximum atomic E-state index is 12.4. The Morgan fingerprint density at radius 3 is 3.06 bits per heavy atom. The first-order valence-corrected chi connectivity index (χ1v) is 6.36. The van der Waals surface area contributed by atoms with Crippen molar-refractivity contribution >= 4 is 23.2 Å². The molecule has 0 aliphatic carbocycles. The molecule has 1 heterocycles. The van der Waals surface area contributed by atoms with Crippen LogP contribution in [0.3, 0.4) is 0 Å². The van der Waals surface area contributed by atoms with Gasteiger partial charge in [0.1, 0.15) is 0 Å². The molecule has 0 aromatic heterocycles. The van der Waals surface area contributed by atoms with E-state index in [1.807, 2.05) is 0 Å². The van der Waals surface area contributed by atoms with Gasteiger partial charge in [0.15, 0.2) is 0 Å². The second-order valence-corrected chi connectivity index (χ2v) is 4.92. The predicted octanol–water partition coefficient (Wildman–Crippen LogP) is 2.17. The number of benzene rings is 1. The summed E-state index contributed by atoms with van der Waals surface area (Å²) in [6.45, 7) is 1.35. The van der Waals surface area contributed by atoms with E-state index in [4.69, 9.17) is 22.1 Å². The molecular formula is C13H17ClN2O2. The summed E-state index contributed by atoms with van der Waals surface area (Å²) < 4.78 is 5.31. The van der Waals surface area contributed by atoms with E-state index in [0.717, 1.165) is 19.4 Å². The van der Waals surface area contributed by atoms with E-state index in [2.05, 4.69) is 0 Å². The zero-order valence-corrected chi connectivity index (χ0v) is 11.1. The number of nitrogens with zero attached hydrogens (tertiary/aromatic N) is 1. The molecule has 0 spiro atoms. The molecule has 1 unspecified atom stereocenters. The Hall–Kier alpha value is -1.26. The normalized spacial score (nSPS) is 19.9. The Morgan fingerprint density at radius 2 is 2.33 bits per heavy atom. The topological polar surface area (TPSA) is 55.6 Å². The summed E-state index contributed by atoms with van der Waals surface area (Å²) in [6, 6.07) is 4.96. The van der Waals surface area contributed by atoms with Crippen molar-refractivity contribution in [1.29, 1.82) is 0 Å². The largest absolute Gasteiger partial charge is 0.398 e. The quantitative estimate of drug-likeness (QED) is 0.837. The third-order valence-corrected chi connectivity index (χ3v) is 3.48. The molecule has 2 rings (SSSR count). The van der Waals surface area contributed by atoms with E-state index >= 15 is 0 Å². The minimum Gasteiger partial charge on any atom is -0.398 e. The van der Waals surface area contributed by atoms with Crippen LogP contribution in [0.5, 0.6) is 0 Å². The molecule has 2 N–H and O–H groups in total. The van der Waals surface area contributed by atoms with E-state index in [1.165, 1.54) is 0 Å². The van der Waals surface area contributed by atoms with Gasteiger partial charge in [-0.1, -0.05) is 11.6 Å². The minimum atomic E-state index is -0.0725. The molecular weight excluding hydrogens is 252 g/mol. The minimum absolute atomic E-state index is 0.0725. The van der Waals surface area contributed by atoms with Crippen LogP contribution in [0.2, 0.25) is 5.02 Å². The van der Waals surface area contributed by atoms with Crippen LogP contribution < -0.4 is 5.73 Å². The Kier molecular flexibility index (Phi) is 4.09. The molecule has 1 aromatic carbocycles. The Labute approximate surface area is 112 Å². The van der Waals surface area contributed by atoms with Crippen molar-refractivity contribution in [3.8, 4) is 0 Å². The fraction of sp³-hybridized carbons (Fsp3) is 0.462. The molecule has 1 aliphatic heterocycles. The van der Waals surface area contributed by atoms with Crippen LogP contribution in [0.15, 0.2) is 18.2 Å². The fourth-order valence-corrected chi connectivity index (χ4v) is 2.37. The first-order chi connectivity index (χ1) is 8.61. The van der Waals surface area contributed by atoms with Gasteiger partial charge in [-0.3, -0.25) is 4.79 Å². The Morgan fingerprint density at radius 1 is 1.56 bits per heavy atom. The molecule has 4 nitrogen and oxygen atoms in total.